The monoisotopic (exact) mass is 252 g/mol. The van der Waals surface area contributed by atoms with Gasteiger partial charge in [0.15, 0.2) is 0 Å². The van der Waals surface area contributed by atoms with Crippen molar-refractivity contribution < 1.29 is 13.2 Å². The van der Waals surface area contributed by atoms with Gasteiger partial charge in [-0.05, 0) is 17.7 Å². The highest BCUT2D eigenvalue weighted by molar-refractivity contribution is 5.87. The SMILES string of the molecule is Nc1ccc(C(F)(F)F)c(-c2ccccc2)c1N. The number of benzene rings is 2. The Hall–Kier alpha value is -2.17. The first-order valence-electron chi connectivity index (χ1n) is 5.22. The second-order valence-electron chi connectivity index (χ2n) is 3.85. The summed E-state index contributed by atoms with van der Waals surface area (Å²) in [5, 5.41) is 0. The van der Waals surface area contributed by atoms with Gasteiger partial charge in [-0.1, -0.05) is 30.3 Å². The number of alkyl halides is 3. The standard InChI is InChI=1S/C13H11F3N2/c14-13(15,16)9-6-7-10(17)12(18)11(9)8-4-2-1-3-5-8/h1-7H,17-18H2. The minimum Gasteiger partial charge on any atom is -0.397 e. The fourth-order valence-corrected chi connectivity index (χ4v) is 1.79. The largest absolute Gasteiger partial charge is 0.417 e. The molecule has 4 N–H and O–H groups in total. The van der Waals surface area contributed by atoms with Gasteiger partial charge in [0.05, 0.1) is 16.9 Å². The molecule has 0 radical (unpaired) electrons. The lowest BCUT2D eigenvalue weighted by molar-refractivity contribution is -0.137. The number of nitrogens with two attached hydrogens (primary N) is 2. The lowest BCUT2D eigenvalue weighted by Crippen LogP contribution is -2.10. The molecule has 0 spiro atoms. The van der Waals surface area contributed by atoms with Crippen molar-refractivity contribution in [2.45, 2.75) is 6.18 Å². The smallest absolute Gasteiger partial charge is 0.397 e. The van der Waals surface area contributed by atoms with Crippen molar-refractivity contribution in [3.63, 3.8) is 0 Å². The molecule has 0 bridgehead atoms. The molecule has 0 aliphatic carbocycles. The first kappa shape index (κ1) is 12.3. The van der Waals surface area contributed by atoms with Crippen molar-refractivity contribution in [2.75, 3.05) is 11.5 Å². The third-order valence-corrected chi connectivity index (χ3v) is 2.65. The summed E-state index contributed by atoms with van der Waals surface area (Å²) in [7, 11) is 0. The van der Waals surface area contributed by atoms with Crippen LogP contribution >= 0.6 is 0 Å². The quantitative estimate of drug-likeness (QED) is 0.763. The molecule has 0 aliphatic rings. The van der Waals surface area contributed by atoms with Crippen LogP contribution in [0, 0.1) is 0 Å². The third-order valence-electron chi connectivity index (χ3n) is 2.65. The van der Waals surface area contributed by atoms with E-state index in [2.05, 4.69) is 0 Å². The summed E-state index contributed by atoms with van der Waals surface area (Å²) in [4.78, 5) is 0. The Morgan fingerprint density at radius 1 is 0.833 bits per heavy atom. The summed E-state index contributed by atoms with van der Waals surface area (Å²) in [6.45, 7) is 0. The van der Waals surface area contributed by atoms with E-state index >= 15 is 0 Å². The third kappa shape index (κ3) is 2.11. The molecule has 0 heterocycles. The Morgan fingerprint density at radius 3 is 2.00 bits per heavy atom. The van der Waals surface area contributed by atoms with Gasteiger partial charge >= 0.3 is 6.18 Å². The van der Waals surface area contributed by atoms with E-state index in [0.29, 0.717) is 5.56 Å². The molecule has 0 aromatic heterocycles. The molecular formula is C13H11F3N2. The summed E-state index contributed by atoms with van der Waals surface area (Å²) in [6.07, 6.45) is -4.47. The van der Waals surface area contributed by atoms with E-state index in [-0.39, 0.29) is 16.9 Å². The maximum atomic E-state index is 12.9. The average Bonchev–Trinajstić information content (AvgIpc) is 2.32. The van der Waals surface area contributed by atoms with Gasteiger partial charge in [0.1, 0.15) is 0 Å². The van der Waals surface area contributed by atoms with Crippen LogP contribution in [0.4, 0.5) is 24.5 Å². The molecule has 0 saturated carbocycles. The van der Waals surface area contributed by atoms with Gasteiger partial charge in [-0.3, -0.25) is 0 Å². The first-order valence-corrected chi connectivity index (χ1v) is 5.22. The Balaban J connectivity index is 2.75. The van der Waals surface area contributed by atoms with Crippen LogP contribution in [0.15, 0.2) is 42.5 Å². The number of hydrogen-bond donors (Lipinski definition) is 2. The molecule has 0 saturated heterocycles. The van der Waals surface area contributed by atoms with E-state index < -0.39 is 11.7 Å². The molecule has 18 heavy (non-hydrogen) atoms. The minimum absolute atomic E-state index is 0.0453. The predicted molar refractivity (Wildman–Crippen MR) is 65.7 cm³/mol. The fourth-order valence-electron chi connectivity index (χ4n) is 1.79. The molecule has 0 atom stereocenters. The lowest BCUT2D eigenvalue weighted by Gasteiger charge is -2.16. The van der Waals surface area contributed by atoms with Gasteiger partial charge in [0.2, 0.25) is 0 Å². The van der Waals surface area contributed by atoms with Crippen LogP contribution in [0.5, 0.6) is 0 Å². The molecule has 0 aliphatic heterocycles. The van der Waals surface area contributed by atoms with Crippen LogP contribution in [0.3, 0.4) is 0 Å². The summed E-state index contributed by atoms with van der Waals surface area (Å²) in [5.41, 5.74) is 10.9. The molecule has 2 rings (SSSR count). The topological polar surface area (TPSA) is 52.0 Å². The molecule has 0 fully saturated rings. The molecule has 0 unspecified atom stereocenters. The number of hydrogen-bond acceptors (Lipinski definition) is 2. The van der Waals surface area contributed by atoms with Gasteiger partial charge in [-0.25, -0.2) is 0 Å². The van der Waals surface area contributed by atoms with E-state index in [4.69, 9.17) is 11.5 Å². The Labute approximate surface area is 102 Å². The Bertz CT molecular complexity index is 562. The minimum atomic E-state index is -4.47. The van der Waals surface area contributed by atoms with Gasteiger partial charge in [0, 0.05) is 5.56 Å². The average molecular weight is 252 g/mol. The summed E-state index contributed by atoms with van der Waals surface area (Å²) >= 11 is 0. The predicted octanol–water partition coefficient (Wildman–Crippen LogP) is 3.54. The molecule has 2 aromatic carbocycles. The number of nitrogen functional groups attached to an aromatic ring is 2. The van der Waals surface area contributed by atoms with E-state index in [1.165, 1.54) is 6.07 Å². The molecular weight excluding hydrogens is 241 g/mol. The van der Waals surface area contributed by atoms with Crippen molar-refractivity contribution >= 4 is 11.4 Å². The van der Waals surface area contributed by atoms with E-state index in [9.17, 15) is 13.2 Å². The van der Waals surface area contributed by atoms with Crippen LogP contribution in [-0.2, 0) is 6.18 Å². The number of anilines is 2. The van der Waals surface area contributed by atoms with E-state index in [0.717, 1.165) is 6.07 Å². The second kappa shape index (κ2) is 4.25. The van der Waals surface area contributed by atoms with Crippen LogP contribution in [0.25, 0.3) is 11.1 Å². The summed E-state index contributed by atoms with van der Waals surface area (Å²) in [6, 6.07) is 10.3. The zero-order valence-electron chi connectivity index (χ0n) is 9.33. The molecule has 0 amide bonds. The van der Waals surface area contributed by atoms with Gasteiger partial charge in [0.25, 0.3) is 0 Å². The zero-order chi connectivity index (χ0) is 13.3. The summed E-state index contributed by atoms with van der Waals surface area (Å²) in [5.74, 6) is 0. The van der Waals surface area contributed by atoms with Gasteiger partial charge < -0.3 is 11.5 Å². The van der Waals surface area contributed by atoms with Crippen molar-refractivity contribution in [3.8, 4) is 11.1 Å². The summed E-state index contributed by atoms with van der Waals surface area (Å²) < 4.78 is 38.8. The van der Waals surface area contributed by atoms with Crippen LogP contribution in [-0.4, -0.2) is 0 Å². The maximum absolute atomic E-state index is 12.9. The van der Waals surface area contributed by atoms with Crippen molar-refractivity contribution in [1.82, 2.24) is 0 Å². The van der Waals surface area contributed by atoms with Crippen molar-refractivity contribution in [3.05, 3.63) is 48.0 Å². The molecule has 5 heteroatoms. The van der Waals surface area contributed by atoms with Crippen LogP contribution in [0.2, 0.25) is 0 Å². The van der Waals surface area contributed by atoms with Crippen molar-refractivity contribution in [2.24, 2.45) is 0 Å². The Kier molecular flexibility index (Phi) is 2.90. The second-order valence-corrected chi connectivity index (χ2v) is 3.85. The van der Waals surface area contributed by atoms with E-state index in [1.807, 2.05) is 0 Å². The molecule has 94 valence electrons. The highest BCUT2D eigenvalue weighted by Crippen LogP contribution is 2.42. The highest BCUT2D eigenvalue weighted by atomic mass is 19.4. The van der Waals surface area contributed by atoms with Crippen LogP contribution < -0.4 is 11.5 Å². The first-order chi connectivity index (χ1) is 8.41. The Morgan fingerprint density at radius 2 is 1.44 bits per heavy atom. The molecule has 2 aromatic rings. The zero-order valence-corrected chi connectivity index (χ0v) is 9.33. The normalized spacial score (nSPS) is 11.5. The van der Waals surface area contributed by atoms with Crippen molar-refractivity contribution in [1.29, 1.82) is 0 Å². The number of halogens is 3. The van der Waals surface area contributed by atoms with E-state index in [1.54, 1.807) is 30.3 Å². The lowest BCUT2D eigenvalue weighted by atomic mass is 9.96. The highest BCUT2D eigenvalue weighted by Gasteiger charge is 2.34. The van der Waals surface area contributed by atoms with Gasteiger partial charge in [-0.2, -0.15) is 13.2 Å². The number of rotatable bonds is 1. The van der Waals surface area contributed by atoms with Gasteiger partial charge in [-0.15, -0.1) is 0 Å². The fraction of sp³-hybridized carbons (Fsp3) is 0.0769. The maximum Gasteiger partial charge on any atom is 0.417 e. The molecule has 2 nitrogen and oxygen atoms in total. The van der Waals surface area contributed by atoms with Crippen LogP contribution in [0.1, 0.15) is 5.56 Å².